The lowest BCUT2D eigenvalue weighted by molar-refractivity contribution is 0.299. The van der Waals surface area contributed by atoms with Crippen LogP contribution in [0.5, 0.6) is 0 Å². The van der Waals surface area contributed by atoms with E-state index in [0.29, 0.717) is 17.9 Å². The van der Waals surface area contributed by atoms with Gasteiger partial charge in [0.15, 0.2) is 0 Å². The van der Waals surface area contributed by atoms with Crippen LogP contribution in [0.3, 0.4) is 0 Å². The topological polar surface area (TPSA) is 63.0 Å². The van der Waals surface area contributed by atoms with Crippen LogP contribution in [0.15, 0.2) is 61.2 Å². The van der Waals surface area contributed by atoms with Crippen molar-refractivity contribution in [2.75, 3.05) is 11.9 Å². The molecule has 5 nitrogen and oxygen atoms in total. The number of nitrogens with zero attached hydrogens (tertiary/aromatic N) is 3. The molecule has 2 heterocycles. The number of nitrogens with one attached hydrogen (secondary N) is 1. The lowest BCUT2D eigenvalue weighted by Gasteiger charge is -2.11. The van der Waals surface area contributed by atoms with Crippen LogP contribution in [0.4, 0.5) is 15.9 Å². The number of anilines is 2. The molecule has 0 aliphatic carbocycles. The van der Waals surface area contributed by atoms with Crippen molar-refractivity contribution in [1.82, 2.24) is 14.5 Å². The van der Waals surface area contributed by atoms with Gasteiger partial charge in [-0.25, -0.2) is 14.4 Å². The normalized spacial score (nSPS) is 11.1. The molecule has 136 valence electrons. The fourth-order valence-corrected chi connectivity index (χ4v) is 3.07. The number of hydrogen-bond acceptors (Lipinski definition) is 4. The number of rotatable bonds is 5. The van der Waals surface area contributed by atoms with E-state index in [1.54, 1.807) is 6.07 Å². The van der Waals surface area contributed by atoms with Crippen molar-refractivity contribution in [1.29, 1.82) is 0 Å². The van der Waals surface area contributed by atoms with E-state index in [4.69, 9.17) is 16.7 Å². The number of aromatic nitrogens is 3. The molecule has 2 aromatic heterocycles. The standard InChI is InChI=1S/C20H16ClFN4O/c21-17-9-14(1-3-18(17)22)25-20-16-10-15(2-4-19(16)23-12-24-20)26-7-5-13(11-26)6-8-27/h1-5,7,9-12,27H,6,8H2,(H,23,24,25). The summed E-state index contributed by atoms with van der Waals surface area (Å²) in [6.45, 7) is 0.115. The summed E-state index contributed by atoms with van der Waals surface area (Å²) in [5.74, 6) is 0.135. The van der Waals surface area contributed by atoms with E-state index in [9.17, 15) is 4.39 Å². The highest BCUT2D eigenvalue weighted by Crippen LogP contribution is 2.27. The van der Waals surface area contributed by atoms with E-state index < -0.39 is 5.82 Å². The Kier molecular flexibility index (Phi) is 4.75. The van der Waals surface area contributed by atoms with Gasteiger partial charge < -0.3 is 15.0 Å². The molecule has 4 rings (SSSR count). The summed E-state index contributed by atoms with van der Waals surface area (Å²) in [6, 6.07) is 12.3. The van der Waals surface area contributed by atoms with E-state index in [1.807, 2.05) is 41.2 Å². The molecule has 7 heteroatoms. The van der Waals surface area contributed by atoms with Crippen LogP contribution >= 0.6 is 11.6 Å². The Morgan fingerprint density at radius 2 is 2.00 bits per heavy atom. The third-order valence-electron chi connectivity index (χ3n) is 4.25. The molecule has 0 spiro atoms. The molecule has 2 aromatic carbocycles. The molecular formula is C20H16ClFN4O. The first-order chi connectivity index (χ1) is 13.1. The Morgan fingerprint density at radius 3 is 2.81 bits per heavy atom. The maximum absolute atomic E-state index is 13.4. The molecular weight excluding hydrogens is 367 g/mol. The Hall–Kier alpha value is -2.96. The molecule has 0 bridgehead atoms. The molecule has 0 aliphatic rings. The maximum atomic E-state index is 13.4. The molecule has 27 heavy (non-hydrogen) atoms. The second-order valence-corrected chi connectivity index (χ2v) is 6.49. The molecule has 0 amide bonds. The molecule has 0 saturated heterocycles. The van der Waals surface area contributed by atoms with Crippen molar-refractivity contribution in [3.63, 3.8) is 0 Å². The molecule has 2 N–H and O–H groups in total. The van der Waals surface area contributed by atoms with Gasteiger partial charge in [0.05, 0.1) is 10.5 Å². The van der Waals surface area contributed by atoms with E-state index in [0.717, 1.165) is 22.2 Å². The second-order valence-electron chi connectivity index (χ2n) is 6.08. The van der Waals surface area contributed by atoms with Gasteiger partial charge in [-0.2, -0.15) is 0 Å². The predicted molar refractivity (Wildman–Crippen MR) is 104 cm³/mol. The van der Waals surface area contributed by atoms with Crippen molar-refractivity contribution in [3.05, 3.63) is 77.6 Å². The summed E-state index contributed by atoms with van der Waals surface area (Å²) < 4.78 is 15.4. The molecule has 4 aromatic rings. The zero-order valence-electron chi connectivity index (χ0n) is 14.2. The molecule has 0 fully saturated rings. The van der Waals surface area contributed by atoms with Crippen LogP contribution in [0.1, 0.15) is 5.56 Å². The first-order valence-corrected chi connectivity index (χ1v) is 8.77. The van der Waals surface area contributed by atoms with E-state index >= 15 is 0 Å². The number of aliphatic hydroxyl groups is 1. The third-order valence-corrected chi connectivity index (χ3v) is 4.54. The number of benzene rings is 2. The zero-order valence-corrected chi connectivity index (χ0v) is 15.0. The van der Waals surface area contributed by atoms with Crippen molar-refractivity contribution < 1.29 is 9.50 Å². The fraction of sp³-hybridized carbons (Fsp3) is 0.100. The van der Waals surface area contributed by atoms with Gasteiger partial charge in [-0.3, -0.25) is 0 Å². The quantitative estimate of drug-likeness (QED) is 0.533. The highest BCUT2D eigenvalue weighted by molar-refractivity contribution is 6.31. The number of hydrogen-bond donors (Lipinski definition) is 2. The van der Waals surface area contributed by atoms with Gasteiger partial charge in [-0.15, -0.1) is 0 Å². The molecule has 0 unspecified atom stereocenters. The fourth-order valence-electron chi connectivity index (χ4n) is 2.89. The summed E-state index contributed by atoms with van der Waals surface area (Å²) >= 11 is 5.86. The van der Waals surface area contributed by atoms with Gasteiger partial charge in [-0.05, 0) is 54.4 Å². The highest BCUT2D eigenvalue weighted by Gasteiger charge is 2.08. The Bertz CT molecular complexity index is 1110. The van der Waals surface area contributed by atoms with Crippen LogP contribution in [0.25, 0.3) is 16.6 Å². The van der Waals surface area contributed by atoms with Crippen LogP contribution in [0, 0.1) is 5.82 Å². The third kappa shape index (κ3) is 3.63. The smallest absolute Gasteiger partial charge is 0.141 e. The SMILES string of the molecule is OCCc1ccn(-c2ccc3ncnc(Nc4ccc(F)c(Cl)c4)c3c2)c1. The largest absolute Gasteiger partial charge is 0.396 e. The number of fused-ring (bicyclic) bond motifs is 1. The Morgan fingerprint density at radius 1 is 1.11 bits per heavy atom. The van der Waals surface area contributed by atoms with Crippen LogP contribution < -0.4 is 5.32 Å². The van der Waals surface area contributed by atoms with Gasteiger partial charge >= 0.3 is 0 Å². The molecule has 0 aliphatic heterocycles. The van der Waals surface area contributed by atoms with Crippen LogP contribution in [-0.2, 0) is 6.42 Å². The Labute approximate surface area is 160 Å². The van der Waals surface area contributed by atoms with Gasteiger partial charge in [0.2, 0.25) is 0 Å². The predicted octanol–water partition coefficient (Wildman–Crippen LogP) is 4.49. The monoisotopic (exact) mass is 382 g/mol. The van der Waals surface area contributed by atoms with Crippen molar-refractivity contribution in [3.8, 4) is 5.69 Å². The summed E-state index contributed by atoms with van der Waals surface area (Å²) in [6.07, 6.45) is 6.02. The average Bonchev–Trinajstić information content (AvgIpc) is 3.14. The van der Waals surface area contributed by atoms with Gasteiger partial charge in [-0.1, -0.05) is 11.6 Å². The first kappa shape index (κ1) is 17.5. The van der Waals surface area contributed by atoms with Gasteiger partial charge in [0.1, 0.15) is 18.0 Å². The minimum Gasteiger partial charge on any atom is -0.396 e. The molecule has 0 radical (unpaired) electrons. The average molecular weight is 383 g/mol. The molecule has 0 atom stereocenters. The summed E-state index contributed by atoms with van der Waals surface area (Å²) in [7, 11) is 0. The van der Waals surface area contributed by atoms with E-state index in [1.165, 1.54) is 18.5 Å². The second kappa shape index (κ2) is 7.34. The lowest BCUT2D eigenvalue weighted by Crippen LogP contribution is -1.98. The van der Waals surface area contributed by atoms with E-state index in [2.05, 4.69) is 15.3 Å². The van der Waals surface area contributed by atoms with Crippen molar-refractivity contribution in [2.45, 2.75) is 6.42 Å². The van der Waals surface area contributed by atoms with Crippen LogP contribution in [-0.4, -0.2) is 26.2 Å². The number of aliphatic hydroxyl groups excluding tert-OH is 1. The summed E-state index contributed by atoms with van der Waals surface area (Å²) in [4.78, 5) is 8.63. The minimum absolute atomic E-state index is 0.0443. The summed E-state index contributed by atoms with van der Waals surface area (Å²) in [5.41, 5.74) is 3.42. The first-order valence-electron chi connectivity index (χ1n) is 8.39. The van der Waals surface area contributed by atoms with Crippen molar-refractivity contribution >= 4 is 34.0 Å². The van der Waals surface area contributed by atoms with Gasteiger partial charge in [0.25, 0.3) is 0 Å². The van der Waals surface area contributed by atoms with Gasteiger partial charge in [0, 0.05) is 35.8 Å². The van der Waals surface area contributed by atoms with Crippen molar-refractivity contribution in [2.24, 2.45) is 0 Å². The zero-order chi connectivity index (χ0) is 18.8. The minimum atomic E-state index is -0.469. The van der Waals surface area contributed by atoms with E-state index in [-0.39, 0.29) is 11.6 Å². The lowest BCUT2D eigenvalue weighted by atomic mass is 10.2. The molecule has 0 saturated carbocycles. The maximum Gasteiger partial charge on any atom is 0.141 e. The summed E-state index contributed by atoms with van der Waals surface area (Å²) in [5, 5.41) is 13.1. The highest BCUT2D eigenvalue weighted by atomic mass is 35.5. The van der Waals surface area contributed by atoms with Crippen LogP contribution in [0.2, 0.25) is 5.02 Å². The number of halogens is 2. The Balaban J connectivity index is 1.73.